The molecule has 0 spiro atoms. The first kappa shape index (κ1) is 14.6. The zero-order chi connectivity index (χ0) is 15.3. The Morgan fingerprint density at radius 2 is 2.10 bits per heavy atom. The standard InChI is InChI=1S/C15H20ClN3O2/c1-8-13-9(2)19(12(20)4-10-5-17-6-10)7-11(13)18(3)15(21)14(8)16/h9-10,17H,4-7H2,1-3H3. The van der Waals surface area contributed by atoms with E-state index in [0.717, 1.165) is 29.9 Å². The van der Waals surface area contributed by atoms with Crippen LogP contribution in [0.3, 0.4) is 0 Å². The third-order valence-corrected chi connectivity index (χ3v) is 5.24. The number of amides is 1. The van der Waals surface area contributed by atoms with E-state index in [4.69, 9.17) is 11.6 Å². The first-order valence-electron chi connectivity index (χ1n) is 7.29. The number of halogens is 1. The lowest BCUT2D eigenvalue weighted by atomic mass is 9.98. The lowest BCUT2D eigenvalue weighted by molar-refractivity contribution is -0.134. The quantitative estimate of drug-likeness (QED) is 0.897. The number of hydrogen-bond donors (Lipinski definition) is 1. The minimum absolute atomic E-state index is 0.0233. The van der Waals surface area contributed by atoms with Crippen LogP contribution in [0.4, 0.5) is 0 Å². The molecule has 2 aliphatic heterocycles. The van der Waals surface area contributed by atoms with Crippen LogP contribution in [0.1, 0.15) is 36.2 Å². The molecule has 21 heavy (non-hydrogen) atoms. The molecule has 0 aromatic carbocycles. The van der Waals surface area contributed by atoms with Crippen molar-refractivity contribution in [3.63, 3.8) is 0 Å². The number of pyridine rings is 1. The van der Waals surface area contributed by atoms with E-state index in [0.29, 0.717) is 18.9 Å². The minimum Gasteiger partial charge on any atom is -0.330 e. The first-order chi connectivity index (χ1) is 9.91. The van der Waals surface area contributed by atoms with Gasteiger partial charge in [0.25, 0.3) is 5.56 Å². The zero-order valence-electron chi connectivity index (χ0n) is 12.6. The molecule has 1 N–H and O–H groups in total. The van der Waals surface area contributed by atoms with Gasteiger partial charge in [0.15, 0.2) is 0 Å². The van der Waals surface area contributed by atoms with Gasteiger partial charge in [-0.15, -0.1) is 0 Å². The average Bonchev–Trinajstić information content (AvgIpc) is 2.76. The summed E-state index contributed by atoms with van der Waals surface area (Å²) in [7, 11) is 1.73. The molecule has 1 fully saturated rings. The van der Waals surface area contributed by atoms with Crippen LogP contribution in [-0.4, -0.2) is 28.5 Å². The van der Waals surface area contributed by atoms with E-state index >= 15 is 0 Å². The Balaban J connectivity index is 1.93. The molecule has 1 aromatic rings. The van der Waals surface area contributed by atoms with E-state index < -0.39 is 0 Å². The van der Waals surface area contributed by atoms with Gasteiger partial charge < -0.3 is 14.8 Å². The summed E-state index contributed by atoms with van der Waals surface area (Å²) in [5, 5.41) is 3.45. The number of hydrogen-bond acceptors (Lipinski definition) is 3. The number of nitrogens with zero attached hydrogens (tertiary/aromatic N) is 2. The molecular formula is C15H20ClN3O2. The van der Waals surface area contributed by atoms with E-state index in [1.807, 2.05) is 18.7 Å². The molecule has 3 rings (SSSR count). The lowest BCUT2D eigenvalue weighted by Crippen LogP contribution is -2.45. The summed E-state index contributed by atoms with van der Waals surface area (Å²) < 4.78 is 1.58. The van der Waals surface area contributed by atoms with E-state index in [1.54, 1.807) is 11.6 Å². The van der Waals surface area contributed by atoms with Crippen LogP contribution in [0.2, 0.25) is 5.02 Å². The molecule has 3 heterocycles. The Hall–Kier alpha value is -1.33. The molecule has 1 aromatic heterocycles. The maximum Gasteiger partial charge on any atom is 0.269 e. The van der Waals surface area contributed by atoms with Gasteiger partial charge in [-0.2, -0.15) is 0 Å². The molecule has 1 saturated heterocycles. The summed E-state index contributed by atoms with van der Waals surface area (Å²) in [5.74, 6) is 0.607. The molecule has 0 bridgehead atoms. The van der Waals surface area contributed by atoms with Gasteiger partial charge in [-0.25, -0.2) is 0 Å². The van der Waals surface area contributed by atoms with Crippen molar-refractivity contribution in [2.75, 3.05) is 13.1 Å². The average molecular weight is 310 g/mol. The molecular weight excluding hydrogens is 290 g/mol. The van der Waals surface area contributed by atoms with Gasteiger partial charge in [-0.3, -0.25) is 9.59 Å². The Labute approximate surface area is 128 Å². The summed E-state index contributed by atoms with van der Waals surface area (Å²) in [6.45, 7) is 6.22. The Morgan fingerprint density at radius 1 is 1.43 bits per heavy atom. The second-order valence-corrected chi connectivity index (χ2v) is 6.47. The smallest absolute Gasteiger partial charge is 0.269 e. The summed E-state index contributed by atoms with van der Waals surface area (Å²) in [5.41, 5.74) is 2.57. The van der Waals surface area contributed by atoms with Crippen molar-refractivity contribution in [2.45, 2.75) is 32.9 Å². The SMILES string of the molecule is Cc1c2c(n(C)c(=O)c1Cl)CN(C(=O)CC1CNC1)C2C. The maximum absolute atomic E-state index is 12.5. The Morgan fingerprint density at radius 3 is 2.67 bits per heavy atom. The first-order valence-corrected chi connectivity index (χ1v) is 7.67. The predicted octanol–water partition coefficient (Wildman–Crippen LogP) is 1.36. The van der Waals surface area contributed by atoms with E-state index in [1.165, 1.54) is 0 Å². The summed E-state index contributed by atoms with van der Waals surface area (Å²) >= 11 is 6.13. The second-order valence-electron chi connectivity index (χ2n) is 6.09. The van der Waals surface area contributed by atoms with Gasteiger partial charge in [0.05, 0.1) is 12.6 Å². The van der Waals surface area contributed by atoms with Crippen LogP contribution in [0.25, 0.3) is 0 Å². The van der Waals surface area contributed by atoms with Crippen molar-refractivity contribution in [3.05, 3.63) is 32.2 Å². The number of aromatic nitrogens is 1. The normalized spacial score (nSPS) is 21.3. The van der Waals surface area contributed by atoms with Crippen molar-refractivity contribution in [1.29, 1.82) is 0 Å². The number of carbonyl (C=O) groups is 1. The molecule has 0 radical (unpaired) electrons. The van der Waals surface area contributed by atoms with Gasteiger partial charge in [0, 0.05) is 24.7 Å². The Bertz CT molecular complexity index is 664. The highest BCUT2D eigenvalue weighted by molar-refractivity contribution is 6.31. The fourth-order valence-electron chi connectivity index (χ4n) is 3.31. The fourth-order valence-corrected chi connectivity index (χ4v) is 3.54. The number of fused-ring (bicyclic) bond motifs is 1. The van der Waals surface area contributed by atoms with Gasteiger partial charge in [0.2, 0.25) is 5.91 Å². The largest absolute Gasteiger partial charge is 0.330 e. The zero-order valence-corrected chi connectivity index (χ0v) is 13.3. The maximum atomic E-state index is 12.5. The van der Waals surface area contributed by atoms with Crippen molar-refractivity contribution in [2.24, 2.45) is 13.0 Å². The van der Waals surface area contributed by atoms with Crippen molar-refractivity contribution in [3.8, 4) is 0 Å². The molecule has 5 nitrogen and oxygen atoms in total. The third-order valence-electron chi connectivity index (χ3n) is 4.80. The molecule has 0 saturated carbocycles. The van der Waals surface area contributed by atoms with Crippen LogP contribution >= 0.6 is 11.6 Å². The highest BCUT2D eigenvalue weighted by Gasteiger charge is 2.36. The van der Waals surface area contributed by atoms with Gasteiger partial charge in [0.1, 0.15) is 5.02 Å². The Kier molecular flexibility index (Phi) is 3.58. The highest BCUT2D eigenvalue weighted by atomic mass is 35.5. The molecule has 6 heteroatoms. The monoisotopic (exact) mass is 309 g/mol. The van der Waals surface area contributed by atoms with Crippen LogP contribution in [0, 0.1) is 12.8 Å². The second kappa shape index (κ2) is 5.14. The van der Waals surface area contributed by atoms with E-state index in [9.17, 15) is 9.59 Å². The number of nitrogens with one attached hydrogen (secondary N) is 1. The van der Waals surface area contributed by atoms with Crippen molar-refractivity contribution < 1.29 is 4.79 Å². The van der Waals surface area contributed by atoms with Gasteiger partial charge >= 0.3 is 0 Å². The highest BCUT2D eigenvalue weighted by Crippen LogP contribution is 2.37. The van der Waals surface area contributed by atoms with Gasteiger partial charge in [-0.05, 0) is 38.4 Å². The summed E-state index contributed by atoms with van der Waals surface area (Å²) in [4.78, 5) is 26.4. The third kappa shape index (κ3) is 2.19. The molecule has 1 amide bonds. The molecule has 114 valence electrons. The molecule has 0 aliphatic carbocycles. The molecule has 2 aliphatic rings. The van der Waals surface area contributed by atoms with Crippen LogP contribution < -0.4 is 10.9 Å². The van der Waals surface area contributed by atoms with E-state index in [2.05, 4.69) is 5.32 Å². The van der Waals surface area contributed by atoms with Crippen molar-refractivity contribution >= 4 is 17.5 Å². The fraction of sp³-hybridized carbons (Fsp3) is 0.600. The molecule has 1 atom stereocenters. The summed E-state index contributed by atoms with van der Waals surface area (Å²) in [6, 6.07) is -0.0233. The van der Waals surface area contributed by atoms with E-state index in [-0.39, 0.29) is 22.5 Å². The van der Waals surface area contributed by atoms with Crippen LogP contribution in [-0.2, 0) is 18.4 Å². The van der Waals surface area contributed by atoms with Crippen molar-refractivity contribution in [1.82, 2.24) is 14.8 Å². The topological polar surface area (TPSA) is 54.3 Å². The van der Waals surface area contributed by atoms with Crippen LogP contribution in [0.15, 0.2) is 4.79 Å². The minimum atomic E-state index is -0.183. The van der Waals surface area contributed by atoms with Crippen LogP contribution in [0.5, 0.6) is 0 Å². The lowest BCUT2D eigenvalue weighted by Gasteiger charge is -2.30. The summed E-state index contributed by atoms with van der Waals surface area (Å²) in [6.07, 6.45) is 0.575. The number of carbonyl (C=O) groups excluding carboxylic acids is 1. The number of rotatable bonds is 2. The molecule has 1 unspecified atom stereocenters. The predicted molar refractivity (Wildman–Crippen MR) is 81.4 cm³/mol. The van der Waals surface area contributed by atoms with Gasteiger partial charge in [-0.1, -0.05) is 11.6 Å².